The molecule has 2 nitrogen and oxygen atoms in total. The molecule has 0 saturated carbocycles. The highest BCUT2D eigenvalue weighted by Crippen LogP contribution is 2.45. The molecule has 6 aromatic rings. The van der Waals surface area contributed by atoms with Gasteiger partial charge in [0.1, 0.15) is 5.75 Å². The van der Waals surface area contributed by atoms with Gasteiger partial charge in [-0.1, -0.05) is 78.9 Å². The molecule has 0 spiro atoms. The first kappa shape index (κ1) is 21.9. The summed E-state index contributed by atoms with van der Waals surface area (Å²) in [4.78, 5) is 2.35. The number of fused-ring (bicyclic) bond motifs is 2. The lowest BCUT2D eigenvalue weighted by Crippen LogP contribution is -2.11. The maximum atomic E-state index is 5.45. The Morgan fingerprint density at radius 3 is 2.06 bits per heavy atom. The van der Waals surface area contributed by atoms with E-state index in [0.717, 1.165) is 22.8 Å². The first-order valence-corrected chi connectivity index (χ1v) is 12.2. The molecule has 0 atom stereocenters. The topological polar surface area (TPSA) is 12.5 Å². The van der Waals surface area contributed by atoms with E-state index in [1.54, 1.807) is 7.11 Å². The molecule has 0 bridgehead atoms. The zero-order chi connectivity index (χ0) is 24.5. The predicted octanol–water partition coefficient (Wildman–Crippen LogP) is 9.45. The number of rotatable bonds is 5. The molecule has 36 heavy (non-hydrogen) atoms. The molecule has 0 heterocycles. The lowest BCUT2D eigenvalue weighted by Gasteiger charge is -2.29. The second kappa shape index (κ2) is 9.24. The Morgan fingerprint density at radius 1 is 0.556 bits per heavy atom. The Kier molecular flexibility index (Phi) is 5.63. The monoisotopic (exact) mass is 465 g/mol. The highest BCUT2D eigenvalue weighted by atomic mass is 16.5. The van der Waals surface area contributed by atoms with Crippen molar-refractivity contribution in [1.82, 2.24) is 0 Å². The van der Waals surface area contributed by atoms with Crippen molar-refractivity contribution in [3.05, 3.63) is 133 Å². The van der Waals surface area contributed by atoms with Crippen LogP contribution in [0.4, 0.5) is 17.1 Å². The van der Waals surface area contributed by atoms with E-state index < -0.39 is 0 Å². The second-order valence-electron chi connectivity index (χ2n) is 9.12. The van der Waals surface area contributed by atoms with Crippen molar-refractivity contribution in [2.75, 3.05) is 12.0 Å². The fourth-order valence-electron chi connectivity index (χ4n) is 5.02. The van der Waals surface area contributed by atoms with Crippen LogP contribution in [0.5, 0.6) is 5.75 Å². The third kappa shape index (κ3) is 3.97. The number of benzene rings is 6. The number of hydrogen-bond donors (Lipinski definition) is 0. The maximum Gasteiger partial charge on any atom is 0.119 e. The van der Waals surface area contributed by atoms with Crippen LogP contribution in [0.15, 0.2) is 127 Å². The molecule has 2 heteroatoms. The van der Waals surface area contributed by atoms with E-state index >= 15 is 0 Å². The molecule has 0 aliphatic heterocycles. The van der Waals surface area contributed by atoms with Gasteiger partial charge in [0.05, 0.1) is 12.8 Å². The minimum Gasteiger partial charge on any atom is -0.497 e. The van der Waals surface area contributed by atoms with E-state index in [-0.39, 0.29) is 0 Å². The third-order valence-electron chi connectivity index (χ3n) is 6.78. The maximum absolute atomic E-state index is 5.45. The van der Waals surface area contributed by atoms with E-state index in [1.807, 2.05) is 12.1 Å². The Labute approximate surface area is 212 Å². The smallest absolute Gasteiger partial charge is 0.119 e. The third-order valence-corrected chi connectivity index (χ3v) is 6.78. The first-order chi connectivity index (χ1) is 17.7. The molecule has 0 amide bonds. The van der Waals surface area contributed by atoms with Gasteiger partial charge < -0.3 is 9.64 Å². The van der Waals surface area contributed by atoms with Gasteiger partial charge in [0.15, 0.2) is 0 Å². The summed E-state index contributed by atoms with van der Waals surface area (Å²) in [6, 6.07) is 45.4. The van der Waals surface area contributed by atoms with Crippen LogP contribution in [0.2, 0.25) is 0 Å². The van der Waals surface area contributed by atoms with Gasteiger partial charge in [0.2, 0.25) is 0 Å². The Morgan fingerprint density at radius 2 is 1.28 bits per heavy atom. The highest BCUT2D eigenvalue weighted by molar-refractivity contribution is 6.06. The Hall–Kier alpha value is -4.56. The minimum absolute atomic E-state index is 0.844. The van der Waals surface area contributed by atoms with Gasteiger partial charge in [-0.25, -0.2) is 0 Å². The predicted molar refractivity (Wildman–Crippen MR) is 153 cm³/mol. The van der Waals surface area contributed by atoms with E-state index in [0.29, 0.717) is 0 Å². The van der Waals surface area contributed by atoms with Crippen molar-refractivity contribution >= 4 is 38.6 Å². The largest absolute Gasteiger partial charge is 0.497 e. The van der Waals surface area contributed by atoms with Crippen LogP contribution in [0.1, 0.15) is 5.56 Å². The van der Waals surface area contributed by atoms with Crippen molar-refractivity contribution in [2.24, 2.45) is 0 Å². The van der Waals surface area contributed by atoms with E-state index in [4.69, 9.17) is 4.74 Å². The number of methoxy groups -OCH3 is 1. The van der Waals surface area contributed by atoms with Crippen LogP contribution in [0.25, 0.3) is 32.7 Å². The second-order valence-corrected chi connectivity index (χ2v) is 9.12. The lowest BCUT2D eigenvalue weighted by molar-refractivity contribution is 0.415. The van der Waals surface area contributed by atoms with Crippen LogP contribution in [-0.2, 0) is 0 Å². The molecule has 0 fully saturated rings. The van der Waals surface area contributed by atoms with Crippen molar-refractivity contribution in [3.63, 3.8) is 0 Å². The van der Waals surface area contributed by atoms with Gasteiger partial charge in [-0.05, 0) is 88.1 Å². The van der Waals surface area contributed by atoms with Gasteiger partial charge in [0.25, 0.3) is 0 Å². The van der Waals surface area contributed by atoms with Crippen molar-refractivity contribution in [2.45, 2.75) is 6.92 Å². The molecule has 0 N–H and O–H groups in total. The average molecular weight is 466 g/mol. The van der Waals surface area contributed by atoms with E-state index in [9.17, 15) is 0 Å². The van der Waals surface area contributed by atoms with Crippen molar-refractivity contribution < 1.29 is 4.74 Å². The summed E-state index contributed by atoms with van der Waals surface area (Å²) < 4.78 is 5.45. The number of ether oxygens (including phenoxy) is 1. The summed E-state index contributed by atoms with van der Waals surface area (Å²) in [5, 5.41) is 4.94. The zero-order valence-electron chi connectivity index (χ0n) is 20.5. The first-order valence-electron chi connectivity index (χ1n) is 12.2. The van der Waals surface area contributed by atoms with E-state index in [2.05, 4.69) is 127 Å². The standard InChI is InChI=1S/C34H27NO/c1-24-8-7-12-30(22-24)35(29-17-19-31(36-2)20-18-29)33-21-16-26-10-5-6-13-32(26)34(33)28-15-14-25-9-3-4-11-27(25)23-28/h3-23H,1-2H3. The van der Waals surface area contributed by atoms with Crippen LogP contribution < -0.4 is 9.64 Å². The fraction of sp³-hybridized carbons (Fsp3) is 0.0588. The van der Waals surface area contributed by atoms with E-state index in [1.165, 1.54) is 38.2 Å². The van der Waals surface area contributed by atoms with Gasteiger partial charge >= 0.3 is 0 Å². The summed E-state index contributed by atoms with van der Waals surface area (Å²) >= 11 is 0. The SMILES string of the molecule is COc1ccc(N(c2cccc(C)c2)c2ccc3ccccc3c2-c2ccc3ccccc3c2)cc1. The molecule has 0 saturated heterocycles. The molecular weight excluding hydrogens is 438 g/mol. The van der Waals surface area contributed by atoms with Crippen LogP contribution in [0, 0.1) is 6.92 Å². The highest BCUT2D eigenvalue weighted by Gasteiger charge is 2.20. The van der Waals surface area contributed by atoms with Crippen LogP contribution >= 0.6 is 0 Å². The molecule has 0 aliphatic carbocycles. The lowest BCUT2D eigenvalue weighted by atomic mass is 9.93. The Balaban J connectivity index is 1.66. The number of aryl methyl sites for hydroxylation is 1. The summed E-state index contributed by atoms with van der Waals surface area (Å²) in [6.07, 6.45) is 0. The molecule has 6 aromatic carbocycles. The summed E-state index contributed by atoms with van der Waals surface area (Å²) in [6.45, 7) is 2.14. The fourth-order valence-corrected chi connectivity index (χ4v) is 5.02. The number of nitrogens with zero attached hydrogens (tertiary/aromatic N) is 1. The summed E-state index contributed by atoms with van der Waals surface area (Å²) in [5.74, 6) is 0.844. The molecule has 174 valence electrons. The number of hydrogen-bond acceptors (Lipinski definition) is 2. The Bertz CT molecular complexity index is 1680. The minimum atomic E-state index is 0.844. The molecule has 0 aliphatic rings. The quantitative estimate of drug-likeness (QED) is 0.251. The van der Waals surface area contributed by atoms with Crippen LogP contribution in [0.3, 0.4) is 0 Å². The van der Waals surface area contributed by atoms with Crippen LogP contribution in [-0.4, -0.2) is 7.11 Å². The zero-order valence-corrected chi connectivity index (χ0v) is 20.5. The van der Waals surface area contributed by atoms with Crippen molar-refractivity contribution in [3.8, 4) is 16.9 Å². The van der Waals surface area contributed by atoms with Gasteiger partial charge in [-0.15, -0.1) is 0 Å². The van der Waals surface area contributed by atoms with Gasteiger partial charge in [-0.3, -0.25) is 0 Å². The molecule has 0 unspecified atom stereocenters. The van der Waals surface area contributed by atoms with Gasteiger partial charge in [-0.2, -0.15) is 0 Å². The number of anilines is 3. The molecule has 0 aromatic heterocycles. The van der Waals surface area contributed by atoms with Gasteiger partial charge in [0, 0.05) is 16.9 Å². The molecular formula is C34H27NO. The summed E-state index contributed by atoms with van der Waals surface area (Å²) in [7, 11) is 1.70. The summed E-state index contributed by atoms with van der Waals surface area (Å²) in [5.41, 5.74) is 6.98. The average Bonchev–Trinajstić information content (AvgIpc) is 2.93. The normalized spacial score (nSPS) is 11.1. The van der Waals surface area contributed by atoms with Crippen molar-refractivity contribution in [1.29, 1.82) is 0 Å². The molecule has 0 radical (unpaired) electrons. The molecule has 6 rings (SSSR count).